The average Bonchev–Trinajstić information content (AvgIpc) is 2.98. The summed E-state index contributed by atoms with van der Waals surface area (Å²) in [5.41, 5.74) is 0.456. The number of aliphatic imine (C=N–C) groups is 1. The van der Waals surface area contributed by atoms with Gasteiger partial charge in [-0.1, -0.05) is 36.8 Å². The first-order chi connectivity index (χ1) is 12.7. The Balaban J connectivity index is 2.12. The van der Waals surface area contributed by atoms with Crippen LogP contribution in [0.4, 0.5) is 0 Å². The first-order valence-corrected chi connectivity index (χ1v) is 11.7. The molecule has 8 heteroatoms. The van der Waals surface area contributed by atoms with Crippen LogP contribution in [0.2, 0.25) is 0 Å². The molecule has 1 aliphatic heterocycles. The van der Waals surface area contributed by atoms with Gasteiger partial charge in [-0.25, -0.2) is 0 Å². The largest absolute Gasteiger partial charge is 0.616 e. The van der Waals surface area contributed by atoms with E-state index in [1.807, 2.05) is 13.8 Å². The van der Waals surface area contributed by atoms with Crippen molar-refractivity contribution in [1.29, 1.82) is 0 Å². The molecule has 0 saturated heterocycles. The summed E-state index contributed by atoms with van der Waals surface area (Å²) in [6, 6.07) is 5.20. The lowest BCUT2D eigenvalue weighted by Crippen LogP contribution is -2.27. The number of thioether (sulfide) groups is 1. The van der Waals surface area contributed by atoms with Crippen molar-refractivity contribution in [2.24, 2.45) is 10.9 Å². The van der Waals surface area contributed by atoms with Crippen molar-refractivity contribution in [3.63, 3.8) is 0 Å². The van der Waals surface area contributed by atoms with Crippen molar-refractivity contribution in [1.82, 2.24) is 5.32 Å². The van der Waals surface area contributed by atoms with Gasteiger partial charge in [-0.05, 0) is 31.9 Å². The van der Waals surface area contributed by atoms with Crippen molar-refractivity contribution in [2.45, 2.75) is 39.8 Å². The highest BCUT2D eigenvalue weighted by molar-refractivity contribution is 8.14. The SMILES string of the molecule is CC(C)COc1cc(OC(C)C)cc(C(=O)NC2=NC(C[S+](C)[O-])CS2)c1. The molecule has 1 aromatic rings. The summed E-state index contributed by atoms with van der Waals surface area (Å²) in [6.07, 6.45) is 1.65. The second-order valence-corrected chi connectivity index (χ2v) is 9.65. The highest BCUT2D eigenvalue weighted by Gasteiger charge is 2.23. The molecule has 1 heterocycles. The van der Waals surface area contributed by atoms with Gasteiger partial charge in [0.15, 0.2) is 5.17 Å². The number of amides is 1. The predicted molar refractivity (Wildman–Crippen MR) is 113 cm³/mol. The lowest BCUT2D eigenvalue weighted by molar-refractivity contribution is 0.0976. The molecule has 2 rings (SSSR count). The summed E-state index contributed by atoms with van der Waals surface area (Å²) >= 11 is 0.566. The number of hydrogen-bond donors (Lipinski definition) is 1. The van der Waals surface area contributed by atoms with E-state index in [4.69, 9.17) is 9.47 Å². The summed E-state index contributed by atoms with van der Waals surface area (Å²) in [5, 5.41) is 3.40. The Bertz CT molecular complexity index is 678. The first-order valence-electron chi connectivity index (χ1n) is 8.99. The Hall–Kier alpha value is -1.38. The second kappa shape index (κ2) is 10.2. The molecule has 1 aliphatic rings. The van der Waals surface area contributed by atoms with Gasteiger partial charge in [0.2, 0.25) is 0 Å². The van der Waals surface area contributed by atoms with E-state index in [1.165, 1.54) is 11.8 Å². The molecule has 2 atom stereocenters. The van der Waals surface area contributed by atoms with E-state index in [1.54, 1.807) is 24.5 Å². The average molecular weight is 413 g/mol. The fraction of sp³-hybridized carbons (Fsp3) is 0.579. The van der Waals surface area contributed by atoms with Crippen molar-refractivity contribution in [3.05, 3.63) is 23.8 Å². The lowest BCUT2D eigenvalue weighted by atomic mass is 10.2. The van der Waals surface area contributed by atoms with Crippen LogP contribution in [-0.4, -0.2) is 52.1 Å². The highest BCUT2D eigenvalue weighted by atomic mass is 32.2. The topological polar surface area (TPSA) is 83.0 Å². The minimum absolute atomic E-state index is 0.00769. The van der Waals surface area contributed by atoms with E-state index < -0.39 is 11.2 Å². The molecule has 1 aromatic carbocycles. The molecule has 6 nitrogen and oxygen atoms in total. The summed E-state index contributed by atoms with van der Waals surface area (Å²) in [6.45, 7) is 8.56. The zero-order valence-corrected chi connectivity index (χ0v) is 18.1. The molecule has 1 amide bonds. The normalized spacial score (nSPS) is 17.8. The number of nitrogens with one attached hydrogen (secondary N) is 1. The minimum Gasteiger partial charge on any atom is -0.616 e. The minimum atomic E-state index is -0.904. The van der Waals surface area contributed by atoms with E-state index in [9.17, 15) is 9.35 Å². The van der Waals surface area contributed by atoms with Crippen molar-refractivity contribution in [3.8, 4) is 11.5 Å². The van der Waals surface area contributed by atoms with Gasteiger partial charge in [0, 0.05) is 17.4 Å². The zero-order chi connectivity index (χ0) is 20.0. The third kappa shape index (κ3) is 7.63. The molecule has 27 heavy (non-hydrogen) atoms. The Labute approximate surface area is 168 Å². The Morgan fingerprint density at radius 1 is 1.33 bits per heavy atom. The molecule has 0 aromatic heterocycles. The van der Waals surface area contributed by atoms with E-state index in [0.717, 1.165) is 5.75 Å². The molecule has 0 saturated carbocycles. The Morgan fingerprint density at radius 3 is 2.67 bits per heavy atom. The zero-order valence-electron chi connectivity index (χ0n) is 16.5. The van der Waals surface area contributed by atoms with Gasteiger partial charge in [-0.2, -0.15) is 0 Å². The number of hydrogen-bond acceptors (Lipinski definition) is 6. The number of carbonyl (C=O) groups is 1. The smallest absolute Gasteiger partial charge is 0.257 e. The highest BCUT2D eigenvalue weighted by Crippen LogP contribution is 2.25. The Kier molecular flexibility index (Phi) is 8.31. The van der Waals surface area contributed by atoms with Crippen molar-refractivity contribution >= 4 is 34.0 Å². The first kappa shape index (κ1) is 21.9. The van der Waals surface area contributed by atoms with Crippen molar-refractivity contribution in [2.75, 3.05) is 24.4 Å². The third-order valence-electron chi connectivity index (χ3n) is 3.46. The predicted octanol–water partition coefficient (Wildman–Crippen LogP) is 3.09. The fourth-order valence-electron chi connectivity index (χ4n) is 2.40. The molecule has 2 unspecified atom stereocenters. The summed E-state index contributed by atoms with van der Waals surface area (Å²) in [5.74, 6) is 2.56. The van der Waals surface area contributed by atoms with E-state index in [2.05, 4.69) is 24.2 Å². The maximum atomic E-state index is 12.7. The van der Waals surface area contributed by atoms with Gasteiger partial charge in [0.25, 0.3) is 5.91 Å². The summed E-state index contributed by atoms with van der Waals surface area (Å²) in [4.78, 5) is 17.1. The number of nitrogens with zero attached hydrogens (tertiary/aromatic N) is 1. The Morgan fingerprint density at radius 2 is 2.04 bits per heavy atom. The van der Waals surface area contributed by atoms with Crippen LogP contribution >= 0.6 is 11.8 Å². The molecule has 1 N–H and O–H groups in total. The van der Waals surface area contributed by atoms with Gasteiger partial charge in [-0.3, -0.25) is 9.79 Å². The summed E-state index contributed by atoms with van der Waals surface area (Å²) in [7, 11) is 0. The third-order valence-corrected chi connectivity index (χ3v) is 5.34. The van der Waals surface area contributed by atoms with Gasteiger partial charge in [-0.15, -0.1) is 0 Å². The number of ether oxygens (including phenoxy) is 2. The van der Waals surface area contributed by atoms with Crippen LogP contribution in [0.1, 0.15) is 38.1 Å². The lowest BCUT2D eigenvalue weighted by Gasteiger charge is -2.15. The number of benzene rings is 1. The fourth-order valence-corrected chi connectivity index (χ4v) is 4.21. The van der Waals surface area contributed by atoms with Gasteiger partial charge < -0.3 is 19.3 Å². The van der Waals surface area contributed by atoms with Gasteiger partial charge in [0.1, 0.15) is 23.3 Å². The molecule has 150 valence electrons. The molecule has 0 fully saturated rings. The monoisotopic (exact) mass is 412 g/mol. The molecule has 0 aliphatic carbocycles. The van der Waals surface area contributed by atoms with Crippen molar-refractivity contribution < 1.29 is 18.8 Å². The van der Waals surface area contributed by atoms with E-state index >= 15 is 0 Å². The quantitative estimate of drug-likeness (QED) is 0.664. The number of amidine groups is 1. The van der Waals surface area contributed by atoms with Crippen LogP contribution in [0.3, 0.4) is 0 Å². The van der Waals surface area contributed by atoms with Crippen LogP contribution in [0, 0.1) is 5.92 Å². The summed E-state index contributed by atoms with van der Waals surface area (Å²) < 4.78 is 22.9. The number of carbonyl (C=O) groups excluding carboxylic acids is 1. The maximum absolute atomic E-state index is 12.7. The molecule has 0 bridgehead atoms. The second-order valence-electron chi connectivity index (χ2n) is 7.16. The molecule has 0 radical (unpaired) electrons. The molecular weight excluding hydrogens is 384 g/mol. The van der Waals surface area contributed by atoms with Crippen LogP contribution in [0.5, 0.6) is 11.5 Å². The number of rotatable bonds is 8. The van der Waals surface area contributed by atoms with E-state index in [-0.39, 0.29) is 18.1 Å². The van der Waals surface area contributed by atoms with Crippen LogP contribution in [0.25, 0.3) is 0 Å². The molecular formula is C19H28N2O4S2. The van der Waals surface area contributed by atoms with Gasteiger partial charge in [0.05, 0.1) is 19.0 Å². The van der Waals surface area contributed by atoms with Crippen LogP contribution in [0.15, 0.2) is 23.2 Å². The van der Waals surface area contributed by atoms with E-state index in [0.29, 0.717) is 40.5 Å². The van der Waals surface area contributed by atoms with Crippen LogP contribution < -0.4 is 14.8 Å². The van der Waals surface area contributed by atoms with Gasteiger partial charge >= 0.3 is 0 Å². The molecule has 0 spiro atoms. The maximum Gasteiger partial charge on any atom is 0.257 e. The van der Waals surface area contributed by atoms with Crippen LogP contribution in [-0.2, 0) is 11.2 Å². The standard InChI is InChI=1S/C19H28N2O4S2/c1-12(2)9-24-16-6-14(7-17(8-16)25-13(3)4)18(22)21-19-20-15(10-26-19)11-27(5)23/h6-8,12-13,15H,9-11H2,1-5H3,(H,20,21,22).